The summed E-state index contributed by atoms with van der Waals surface area (Å²) in [7, 11) is 0. The largest absolute Gasteiger partial charge is 0.378 e. The summed E-state index contributed by atoms with van der Waals surface area (Å²) < 4.78 is 28.8. The van der Waals surface area contributed by atoms with Crippen LogP contribution in [0.1, 0.15) is 13.3 Å². The predicted octanol–water partition coefficient (Wildman–Crippen LogP) is 1.68. The topological polar surface area (TPSA) is 9.23 Å². The van der Waals surface area contributed by atoms with Crippen LogP contribution in [0.25, 0.3) is 0 Å². The molecule has 0 aromatic carbocycles. The molecule has 0 radical (unpaired) electrons. The number of hydrogen-bond acceptors (Lipinski definition) is 1. The summed E-state index contributed by atoms with van der Waals surface area (Å²) >= 11 is 0. The fraction of sp³-hybridized carbons (Fsp3) is 1.00. The molecule has 0 saturated carbocycles. The summed E-state index contributed by atoms with van der Waals surface area (Å²) in [5.41, 5.74) is 0. The van der Waals surface area contributed by atoms with Gasteiger partial charge in [-0.1, -0.05) is 0 Å². The summed E-state index contributed by atoms with van der Waals surface area (Å²) in [6.07, 6.45) is -1.94. The van der Waals surface area contributed by atoms with E-state index in [0.29, 0.717) is 13.0 Å². The van der Waals surface area contributed by atoms with Gasteiger partial charge < -0.3 is 4.74 Å². The highest BCUT2D eigenvalue weighted by Crippen LogP contribution is 2.26. The van der Waals surface area contributed by atoms with Crippen LogP contribution >= 0.6 is 0 Å². The van der Waals surface area contributed by atoms with Crippen LogP contribution < -0.4 is 0 Å². The van der Waals surface area contributed by atoms with Crippen molar-refractivity contribution >= 4 is 0 Å². The van der Waals surface area contributed by atoms with Gasteiger partial charge in [0.25, 0.3) is 0 Å². The highest BCUT2D eigenvalue weighted by atomic mass is 19.3. The molecular formula is C6H10F2O. The maximum absolute atomic E-state index is 11.9. The van der Waals surface area contributed by atoms with E-state index in [1.807, 2.05) is 0 Å². The maximum atomic E-state index is 11.9. The number of ether oxygens (including phenoxy) is 1. The summed E-state index contributed by atoms with van der Waals surface area (Å²) in [5, 5.41) is 0. The summed E-state index contributed by atoms with van der Waals surface area (Å²) in [4.78, 5) is 0. The van der Waals surface area contributed by atoms with Gasteiger partial charge in [-0.2, -0.15) is 0 Å². The van der Waals surface area contributed by atoms with Gasteiger partial charge in [-0.15, -0.1) is 0 Å². The Bertz CT molecular complexity index is 95.1. The normalized spacial score (nSPS) is 36.0. The Kier molecular flexibility index (Phi) is 2.01. The molecule has 1 aliphatic rings. The molecular weight excluding hydrogens is 126 g/mol. The Labute approximate surface area is 53.0 Å². The van der Waals surface area contributed by atoms with Crippen LogP contribution in [0.5, 0.6) is 0 Å². The van der Waals surface area contributed by atoms with Gasteiger partial charge in [0.05, 0.1) is 6.10 Å². The quantitative estimate of drug-likeness (QED) is 0.532. The van der Waals surface area contributed by atoms with E-state index in [2.05, 4.69) is 0 Å². The lowest BCUT2D eigenvalue weighted by atomic mass is 10.0. The van der Waals surface area contributed by atoms with E-state index < -0.39 is 12.3 Å². The third-order valence-electron chi connectivity index (χ3n) is 1.76. The number of hydrogen-bond donors (Lipinski definition) is 0. The minimum atomic E-state index is -2.21. The first-order valence-corrected chi connectivity index (χ1v) is 3.11. The predicted molar refractivity (Wildman–Crippen MR) is 29.5 cm³/mol. The Morgan fingerprint density at radius 1 is 1.56 bits per heavy atom. The third kappa shape index (κ3) is 1.39. The lowest BCUT2D eigenvalue weighted by Gasteiger charge is -2.11. The first-order chi connectivity index (χ1) is 4.22. The van der Waals surface area contributed by atoms with E-state index in [1.165, 1.54) is 0 Å². The van der Waals surface area contributed by atoms with Crippen LogP contribution in [-0.2, 0) is 4.74 Å². The average Bonchev–Trinajstić information content (AvgIpc) is 2.13. The molecule has 0 N–H and O–H groups in total. The molecule has 1 fully saturated rings. The Morgan fingerprint density at radius 2 is 2.22 bits per heavy atom. The molecule has 0 amide bonds. The van der Waals surface area contributed by atoms with E-state index in [4.69, 9.17) is 4.74 Å². The molecule has 1 heterocycles. The van der Waals surface area contributed by atoms with Crippen molar-refractivity contribution in [3.8, 4) is 0 Å². The number of halogens is 2. The molecule has 2 atom stereocenters. The van der Waals surface area contributed by atoms with E-state index in [9.17, 15) is 8.78 Å². The first-order valence-electron chi connectivity index (χ1n) is 3.11. The van der Waals surface area contributed by atoms with Gasteiger partial charge in [-0.05, 0) is 13.3 Å². The Balaban J connectivity index is 2.40. The van der Waals surface area contributed by atoms with Gasteiger partial charge in [0.1, 0.15) is 0 Å². The van der Waals surface area contributed by atoms with Crippen LogP contribution in [0.15, 0.2) is 0 Å². The van der Waals surface area contributed by atoms with Crippen molar-refractivity contribution in [2.75, 3.05) is 6.61 Å². The summed E-state index contributed by atoms with van der Waals surface area (Å²) in [6.45, 7) is 2.19. The minimum absolute atomic E-state index is 0.245. The van der Waals surface area contributed by atoms with E-state index in [1.54, 1.807) is 6.92 Å². The van der Waals surface area contributed by atoms with Crippen molar-refractivity contribution in [2.24, 2.45) is 5.92 Å². The van der Waals surface area contributed by atoms with Gasteiger partial charge in [0, 0.05) is 12.5 Å². The highest BCUT2D eigenvalue weighted by Gasteiger charge is 2.31. The van der Waals surface area contributed by atoms with E-state index >= 15 is 0 Å². The SMILES string of the molecule is CC1OCCC1C(F)F. The Morgan fingerprint density at radius 3 is 2.44 bits per heavy atom. The molecule has 1 saturated heterocycles. The lowest BCUT2D eigenvalue weighted by Crippen LogP contribution is -2.18. The molecule has 0 aliphatic carbocycles. The monoisotopic (exact) mass is 136 g/mol. The van der Waals surface area contributed by atoms with E-state index in [-0.39, 0.29) is 6.10 Å². The summed E-state index contributed by atoms with van der Waals surface area (Å²) in [6, 6.07) is 0. The van der Waals surface area contributed by atoms with Gasteiger partial charge in [0.2, 0.25) is 6.43 Å². The van der Waals surface area contributed by atoms with Crippen molar-refractivity contribution in [3.63, 3.8) is 0 Å². The average molecular weight is 136 g/mol. The second kappa shape index (κ2) is 2.60. The second-order valence-electron chi connectivity index (χ2n) is 2.36. The lowest BCUT2D eigenvalue weighted by molar-refractivity contribution is 0.0249. The molecule has 9 heavy (non-hydrogen) atoms. The fourth-order valence-corrected chi connectivity index (χ4v) is 1.08. The smallest absolute Gasteiger partial charge is 0.243 e. The second-order valence-corrected chi connectivity index (χ2v) is 2.36. The first kappa shape index (κ1) is 6.93. The molecule has 2 unspecified atom stereocenters. The van der Waals surface area contributed by atoms with Gasteiger partial charge >= 0.3 is 0 Å². The molecule has 0 aromatic heterocycles. The van der Waals surface area contributed by atoms with Crippen molar-refractivity contribution < 1.29 is 13.5 Å². The molecule has 1 rings (SSSR count). The Hall–Kier alpha value is -0.180. The standard InChI is InChI=1S/C6H10F2O/c1-4-5(6(7)8)2-3-9-4/h4-6H,2-3H2,1H3. The van der Waals surface area contributed by atoms with Gasteiger partial charge in [-0.3, -0.25) is 0 Å². The van der Waals surface area contributed by atoms with Crippen LogP contribution in [0.3, 0.4) is 0 Å². The highest BCUT2D eigenvalue weighted by molar-refractivity contribution is 4.73. The van der Waals surface area contributed by atoms with Crippen LogP contribution in [0.2, 0.25) is 0 Å². The third-order valence-corrected chi connectivity index (χ3v) is 1.76. The molecule has 0 spiro atoms. The zero-order valence-corrected chi connectivity index (χ0v) is 5.31. The van der Waals surface area contributed by atoms with E-state index in [0.717, 1.165) is 0 Å². The molecule has 54 valence electrons. The summed E-state index contributed by atoms with van der Waals surface area (Å²) in [5.74, 6) is -0.523. The minimum Gasteiger partial charge on any atom is -0.378 e. The molecule has 1 aliphatic heterocycles. The van der Waals surface area contributed by atoms with Crippen molar-refractivity contribution in [2.45, 2.75) is 25.9 Å². The molecule has 3 heteroatoms. The fourth-order valence-electron chi connectivity index (χ4n) is 1.08. The van der Waals surface area contributed by atoms with Crippen LogP contribution in [0, 0.1) is 5.92 Å². The van der Waals surface area contributed by atoms with Gasteiger partial charge in [0.15, 0.2) is 0 Å². The zero-order valence-electron chi connectivity index (χ0n) is 5.31. The van der Waals surface area contributed by atoms with Crippen LogP contribution in [-0.4, -0.2) is 19.1 Å². The zero-order chi connectivity index (χ0) is 6.85. The number of alkyl halides is 2. The van der Waals surface area contributed by atoms with Crippen LogP contribution in [0.4, 0.5) is 8.78 Å². The number of rotatable bonds is 1. The van der Waals surface area contributed by atoms with Crippen molar-refractivity contribution in [1.29, 1.82) is 0 Å². The van der Waals surface area contributed by atoms with Crippen molar-refractivity contribution in [1.82, 2.24) is 0 Å². The molecule has 1 nitrogen and oxygen atoms in total. The molecule has 0 bridgehead atoms. The molecule has 0 aromatic rings. The van der Waals surface area contributed by atoms with Crippen molar-refractivity contribution in [3.05, 3.63) is 0 Å². The maximum Gasteiger partial charge on any atom is 0.243 e. The van der Waals surface area contributed by atoms with Gasteiger partial charge in [-0.25, -0.2) is 8.78 Å².